The van der Waals surface area contributed by atoms with E-state index >= 15 is 0 Å². The maximum Gasteiger partial charge on any atom is 0.318 e. The summed E-state index contributed by atoms with van der Waals surface area (Å²) in [4.78, 5) is 37.6. The predicted molar refractivity (Wildman–Crippen MR) is 77.9 cm³/mol. The number of amides is 3. The van der Waals surface area contributed by atoms with Gasteiger partial charge in [0.1, 0.15) is 6.04 Å². The molecular formula is C14H25N3O4. The van der Waals surface area contributed by atoms with Gasteiger partial charge < -0.3 is 20.2 Å². The van der Waals surface area contributed by atoms with Gasteiger partial charge in [-0.2, -0.15) is 0 Å². The lowest BCUT2D eigenvalue weighted by Gasteiger charge is -2.33. The largest absolute Gasteiger partial charge is 0.481 e. The van der Waals surface area contributed by atoms with Crippen LogP contribution in [0.5, 0.6) is 0 Å². The smallest absolute Gasteiger partial charge is 0.318 e. The van der Waals surface area contributed by atoms with Crippen molar-refractivity contribution in [2.75, 3.05) is 27.2 Å². The number of carbonyl (C=O) groups is 3. The summed E-state index contributed by atoms with van der Waals surface area (Å²) in [6.45, 7) is 2.87. The lowest BCUT2D eigenvalue weighted by molar-refractivity contribution is -0.137. The van der Waals surface area contributed by atoms with E-state index in [4.69, 9.17) is 5.11 Å². The number of nitrogens with zero attached hydrogens (tertiary/aromatic N) is 2. The molecule has 1 fully saturated rings. The fraction of sp³-hybridized carbons (Fsp3) is 0.786. The standard InChI is InChI=1S/C14H25N3O4/c1-10(13(20)16(2)3)15-14(21)17-8-4-5-11(9-17)6-7-12(18)19/h10-11H,4-9H2,1-3H3,(H,15,21)(H,18,19). The van der Waals surface area contributed by atoms with Crippen molar-refractivity contribution in [3.05, 3.63) is 0 Å². The molecule has 0 aromatic carbocycles. The molecule has 1 rings (SSSR count). The number of hydrogen-bond acceptors (Lipinski definition) is 3. The number of likely N-dealkylation sites (N-methyl/N-ethyl adjacent to an activating group) is 1. The number of aliphatic carboxylic acids is 1. The quantitative estimate of drug-likeness (QED) is 0.784. The van der Waals surface area contributed by atoms with Crippen LogP contribution in [0.3, 0.4) is 0 Å². The normalized spacial score (nSPS) is 19.8. The Morgan fingerprint density at radius 2 is 2.05 bits per heavy atom. The number of rotatable bonds is 5. The number of nitrogens with one attached hydrogen (secondary N) is 1. The van der Waals surface area contributed by atoms with Crippen LogP contribution >= 0.6 is 0 Å². The molecule has 2 unspecified atom stereocenters. The van der Waals surface area contributed by atoms with E-state index in [1.54, 1.807) is 25.9 Å². The van der Waals surface area contributed by atoms with Gasteiger partial charge in [0.2, 0.25) is 5.91 Å². The van der Waals surface area contributed by atoms with E-state index in [0.29, 0.717) is 19.5 Å². The highest BCUT2D eigenvalue weighted by Gasteiger charge is 2.26. The van der Waals surface area contributed by atoms with E-state index < -0.39 is 12.0 Å². The second kappa shape index (κ2) is 7.85. The molecule has 7 heteroatoms. The van der Waals surface area contributed by atoms with Crippen molar-refractivity contribution >= 4 is 17.9 Å². The molecule has 7 nitrogen and oxygen atoms in total. The lowest BCUT2D eigenvalue weighted by Crippen LogP contribution is -2.51. The molecule has 120 valence electrons. The molecule has 2 atom stereocenters. The molecule has 0 spiro atoms. The zero-order valence-corrected chi connectivity index (χ0v) is 13.0. The van der Waals surface area contributed by atoms with Crippen molar-refractivity contribution in [2.24, 2.45) is 5.92 Å². The lowest BCUT2D eigenvalue weighted by atomic mass is 9.93. The molecule has 0 radical (unpaired) electrons. The van der Waals surface area contributed by atoms with Crippen LogP contribution in [0, 0.1) is 5.92 Å². The molecule has 0 aromatic heterocycles. The summed E-state index contributed by atoms with van der Waals surface area (Å²) in [5, 5.41) is 11.4. The molecule has 1 saturated heterocycles. The number of piperidine rings is 1. The van der Waals surface area contributed by atoms with Crippen LogP contribution in [0.4, 0.5) is 4.79 Å². The average molecular weight is 299 g/mol. The summed E-state index contributed by atoms with van der Waals surface area (Å²) in [6, 6.07) is -0.815. The van der Waals surface area contributed by atoms with Crippen LogP contribution in [0.15, 0.2) is 0 Å². The molecule has 1 heterocycles. The molecular weight excluding hydrogens is 274 g/mol. The summed E-state index contributed by atoms with van der Waals surface area (Å²) >= 11 is 0. The minimum Gasteiger partial charge on any atom is -0.481 e. The van der Waals surface area contributed by atoms with Crippen LogP contribution in [0.2, 0.25) is 0 Å². The van der Waals surface area contributed by atoms with Crippen LogP contribution in [-0.2, 0) is 9.59 Å². The Balaban J connectivity index is 2.46. The first-order chi connectivity index (χ1) is 9.81. The third-order valence-electron chi connectivity index (χ3n) is 3.72. The average Bonchev–Trinajstić information content (AvgIpc) is 2.44. The Labute approximate surface area is 125 Å². The van der Waals surface area contributed by atoms with Crippen LogP contribution in [0.25, 0.3) is 0 Å². The van der Waals surface area contributed by atoms with Gasteiger partial charge in [-0.3, -0.25) is 9.59 Å². The van der Waals surface area contributed by atoms with E-state index in [0.717, 1.165) is 12.8 Å². The van der Waals surface area contributed by atoms with Crippen molar-refractivity contribution in [3.63, 3.8) is 0 Å². The molecule has 1 aliphatic rings. The maximum absolute atomic E-state index is 12.1. The van der Waals surface area contributed by atoms with Gasteiger partial charge in [0, 0.05) is 33.6 Å². The van der Waals surface area contributed by atoms with Gasteiger partial charge in [-0.15, -0.1) is 0 Å². The molecule has 0 aliphatic carbocycles. The maximum atomic E-state index is 12.1. The van der Waals surface area contributed by atoms with E-state index in [9.17, 15) is 14.4 Å². The zero-order valence-electron chi connectivity index (χ0n) is 13.0. The van der Waals surface area contributed by atoms with Gasteiger partial charge in [-0.1, -0.05) is 0 Å². The summed E-state index contributed by atoms with van der Waals surface area (Å²) in [5.74, 6) is -0.731. The van der Waals surface area contributed by atoms with Gasteiger partial charge in [0.15, 0.2) is 0 Å². The van der Waals surface area contributed by atoms with Crippen molar-refractivity contribution in [1.82, 2.24) is 15.1 Å². The number of carboxylic acid groups (broad SMARTS) is 1. The highest BCUT2D eigenvalue weighted by molar-refractivity contribution is 5.86. The number of carboxylic acids is 1. The molecule has 0 aromatic rings. The molecule has 1 aliphatic heterocycles. The molecule has 0 saturated carbocycles. The van der Waals surface area contributed by atoms with E-state index in [-0.39, 0.29) is 24.3 Å². The number of likely N-dealkylation sites (tertiary alicyclic amines) is 1. The minimum atomic E-state index is -0.804. The van der Waals surface area contributed by atoms with Gasteiger partial charge in [-0.25, -0.2) is 4.79 Å². The predicted octanol–water partition coefficient (Wildman–Crippen LogP) is 0.750. The summed E-state index contributed by atoms with van der Waals surface area (Å²) in [7, 11) is 3.29. The van der Waals surface area contributed by atoms with E-state index in [1.165, 1.54) is 4.90 Å². The Morgan fingerprint density at radius 3 is 2.62 bits per heavy atom. The van der Waals surface area contributed by atoms with Crippen LogP contribution in [-0.4, -0.2) is 66.0 Å². The molecule has 0 bridgehead atoms. The Hall–Kier alpha value is -1.79. The van der Waals surface area contributed by atoms with Gasteiger partial charge in [-0.05, 0) is 32.1 Å². The molecule has 2 N–H and O–H groups in total. The van der Waals surface area contributed by atoms with E-state index in [2.05, 4.69) is 5.32 Å². The highest BCUT2D eigenvalue weighted by atomic mass is 16.4. The van der Waals surface area contributed by atoms with Crippen molar-refractivity contribution in [1.29, 1.82) is 0 Å². The monoisotopic (exact) mass is 299 g/mol. The topological polar surface area (TPSA) is 90.0 Å². The Bertz CT molecular complexity index is 398. The van der Waals surface area contributed by atoms with E-state index in [1.807, 2.05) is 0 Å². The summed E-state index contributed by atoms with van der Waals surface area (Å²) < 4.78 is 0. The van der Waals surface area contributed by atoms with Crippen LogP contribution in [0.1, 0.15) is 32.6 Å². The van der Waals surface area contributed by atoms with Crippen LogP contribution < -0.4 is 5.32 Å². The van der Waals surface area contributed by atoms with Gasteiger partial charge >= 0.3 is 12.0 Å². The molecule has 21 heavy (non-hydrogen) atoms. The van der Waals surface area contributed by atoms with Crippen molar-refractivity contribution in [2.45, 2.75) is 38.6 Å². The first kappa shape index (κ1) is 17.3. The third kappa shape index (κ3) is 5.61. The molecule has 3 amide bonds. The van der Waals surface area contributed by atoms with Gasteiger partial charge in [0.05, 0.1) is 0 Å². The second-order valence-corrected chi connectivity index (χ2v) is 5.79. The fourth-order valence-corrected chi connectivity index (χ4v) is 2.54. The Kier molecular flexibility index (Phi) is 6.45. The fourth-order valence-electron chi connectivity index (χ4n) is 2.54. The van der Waals surface area contributed by atoms with Crippen molar-refractivity contribution < 1.29 is 19.5 Å². The Morgan fingerprint density at radius 1 is 1.38 bits per heavy atom. The minimum absolute atomic E-state index is 0.135. The SMILES string of the molecule is CC(NC(=O)N1CCCC(CCC(=O)O)C1)C(=O)N(C)C. The summed E-state index contributed by atoms with van der Waals surface area (Å²) in [5.41, 5.74) is 0. The zero-order chi connectivity index (χ0) is 16.0. The van der Waals surface area contributed by atoms with Crippen molar-refractivity contribution in [3.8, 4) is 0 Å². The number of carbonyl (C=O) groups excluding carboxylic acids is 2. The second-order valence-electron chi connectivity index (χ2n) is 5.79. The third-order valence-corrected chi connectivity index (χ3v) is 3.72. The number of hydrogen-bond donors (Lipinski definition) is 2. The van der Waals surface area contributed by atoms with Gasteiger partial charge in [0.25, 0.3) is 0 Å². The summed E-state index contributed by atoms with van der Waals surface area (Å²) in [6.07, 6.45) is 2.54. The highest BCUT2D eigenvalue weighted by Crippen LogP contribution is 2.21. The first-order valence-electron chi connectivity index (χ1n) is 7.29. The first-order valence-corrected chi connectivity index (χ1v) is 7.29. The number of urea groups is 1.